The molecule has 1 aromatic heterocycles. The zero-order chi connectivity index (χ0) is 29.2. The summed E-state index contributed by atoms with van der Waals surface area (Å²) < 4.78 is 53.8. The molecule has 218 valence electrons. The van der Waals surface area contributed by atoms with Crippen LogP contribution in [0.4, 0.5) is 10.2 Å². The van der Waals surface area contributed by atoms with Crippen LogP contribution < -0.4 is 20.7 Å². The number of nitrogens with two attached hydrogens (primary N) is 1. The molecule has 15 heteroatoms. The summed E-state index contributed by atoms with van der Waals surface area (Å²) in [5, 5.41) is 15.7. The van der Waals surface area contributed by atoms with E-state index in [4.69, 9.17) is 24.3 Å². The van der Waals surface area contributed by atoms with Crippen molar-refractivity contribution in [2.45, 2.75) is 58.3 Å². The van der Waals surface area contributed by atoms with Crippen molar-refractivity contribution in [2.24, 2.45) is 16.1 Å². The number of fused-ring (bicyclic) bond motifs is 1. The number of aliphatic hydroxyl groups excluding tert-OH is 1. The minimum atomic E-state index is -4.26. The third kappa shape index (κ3) is 6.06. The van der Waals surface area contributed by atoms with Crippen LogP contribution in [0.5, 0.6) is 5.75 Å². The third-order valence-corrected chi connectivity index (χ3v) is 8.15. The Labute approximate surface area is 231 Å². The first-order valence-electron chi connectivity index (χ1n) is 12.6. The molecule has 0 spiro atoms. The summed E-state index contributed by atoms with van der Waals surface area (Å²) in [5.74, 6) is 0.200. The van der Waals surface area contributed by atoms with E-state index in [-0.39, 0.29) is 17.4 Å². The Kier molecular flexibility index (Phi) is 8.66. The average Bonchev–Trinajstić information content (AvgIpc) is 3.42. The molecule has 2 aromatic rings. The van der Waals surface area contributed by atoms with Crippen LogP contribution in [0.3, 0.4) is 0 Å². The number of nitrogens with zero attached hydrogens (tertiary/aromatic N) is 3. The lowest BCUT2D eigenvalue weighted by atomic mass is 9.82. The second kappa shape index (κ2) is 11.7. The normalized spacial score (nSPS) is 26.4. The Morgan fingerprint density at radius 1 is 1.38 bits per heavy atom. The number of carbonyl (C=O) groups excluding carboxylic acids is 1. The summed E-state index contributed by atoms with van der Waals surface area (Å²) in [6, 6.07) is 7.13. The van der Waals surface area contributed by atoms with Crippen molar-refractivity contribution in [3.05, 3.63) is 54.8 Å². The monoisotopic (exact) mass is 580 g/mol. The highest BCUT2D eigenvalue weighted by Gasteiger charge is 2.56. The number of imidazole rings is 1. The van der Waals surface area contributed by atoms with Gasteiger partial charge in [-0.3, -0.25) is 13.9 Å². The summed E-state index contributed by atoms with van der Waals surface area (Å²) in [5.41, 5.74) is 4.74. The summed E-state index contributed by atoms with van der Waals surface area (Å²) in [6.07, 6.45) is -3.16. The molecule has 2 unspecified atom stereocenters. The lowest BCUT2D eigenvalue weighted by Crippen LogP contribution is -2.42. The fourth-order valence-corrected chi connectivity index (χ4v) is 5.74. The van der Waals surface area contributed by atoms with Gasteiger partial charge in [0.15, 0.2) is 18.2 Å². The van der Waals surface area contributed by atoms with Crippen molar-refractivity contribution >= 4 is 25.4 Å². The van der Waals surface area contributed by atoms with Crippen LogP contribution in [0.25, 0.3) is 0 Å². The van der Waals surface area contributed by atoms with Gasteiger partial charge in [0.2, 0.25) is 0 Å². The van der Waals surface area contributed by atoms with Gasteiger partial charge in [-0.1, -0.05) is 31.7 Å². The van der Waals surface area contributed by atoms with E-state index in [0.717, 1.165) is 0 Å². The highest BCUT2D eigenvalue weighted by Crippen LogP contribution is 2.50. The third-order valence-electron chi connectivity index (χ3n) is 6.51. The van der Waals surface area contributed by atoms with Gasteiger partial charge in [0.1, 0.15) is 29.1 Å². The molecule has 2 aliphatic rings. The predicted molar refractivity (Wildman–Crippen MR) is 144 cm³/mol. The number of carbonyl (C=O) groups is 1. The van der Waals surface area contributed by atoms with Gasteiger partial charge in [-0.15, -0.1) is 0 Å². The lowest BCUT2D eigenvalue weighted by molar-refractivity contribution is -0.149. The minimum Gasteiger partial charge on any atom is -0.462 e. The van der Waals surface area contributed by atoms with Crippen LogP contribution >= 0.6 is 7.75 Å². The van der Waals surface area contributed by atoms with E-state index in [9.17, 15) is 14.5 Å². The summed E-state index contributed by atoms with van der Waals surface area (Å²) in [4.78, 5) is 20.6. The molecule has 1 aromatic carbocycles. The molecule has 4 rings (SSSR count). The number of alkyl halides is 1. The number of halogens is 1. The zero-order valence-corrected chi connectivity index (χ0v) is 23.5. The molecule has 13 nitrogen and oxygen atoms in total. The average molecular weight is 581 g/mol. The number of hydrogen-bond acceptors (Lipinski definition) is 11. The number of amidine groups is 1. The Morgan fingerprint density at radius 3 is 2.73 bits per heavy atom. The Bertz CT molecular complexity index is 1320. The number of hydrogen-bond donors (Lipinski definition) is 4. The van der Waals surface area contributed by atoms with Crippen LogP contribution in [0.2, 0.25) is 0 Å². The fourth-order valence-electron chi connectivity index (χ4n) is 4.25. The molecule has 1 saturated heterocycles. The topological polar surface area (TPSA) is 172 Å². The van der Waals surface area contributed by atoms with Gasteiger partial charge < -0.3 is 30.2 Å². The summed E-state index contributed by atoms with van der Waals surface area (Å²) >= 11 is 0. The van der Waals surface area contributed by atoms with E-state index in [1.54, 1.807) is 44.2 Å². The number of para-hydroxylation sites is 1. The molecule has 1 fully saturated rings. The maximum absolute atomic E-state index is 15.9. The molecule has 0 aliphatic carbocycles. The van der Waals surface area contributed by atoms with E-state index in [1.807, 2.05) is 0 Å². The second-order valence-electron chi connectivity index (χ2n) is 10.0. The number of aromatic nitrogens is 2. The molecule has 6 atom stereocenters. The van der Waals surface area contributed by atoms with Gasteiger partial charge in [0.25, 0.3) is 0 Å². The largest absolute Gasteiger partial charge is 0.462 e. The van der Waals surface area contributed by atoms with Crippen LogP contribution in [0, 0.1) is 5.41 Å². The van der Waals surface area contributed by atoms with Gasteiger partial charge in [0.05, 0.1) is 37.2 Å². The van der Waals surface area contributed by atoms with E-state index >= 15 is 4.39 Å². The molecule has 2 aliphatic heterocycles. The van der Waals surface area contributed by atoms with Gasteiger partial charge >= 0.3 is 13.7 Å². The minimum absolute atomic E-state index is 0.103. The molecule has 0 bridgehead atoms. The molecular weight excluding hydrogens is 546 g/mol. The number of anilines is 1. The first kappa shape index (κ1) is 29.7. The number of aliphatic imine (C=N–C) groups is 1. The van der Waals surface area contributed by atoms with E-state index < -0.39 is 63.0 Å². The number of nitrogens with one attached hydrogen (secondary N) is 2. The van der Waals surface area contributed by atoms with Crippen molar-refractivity contribution < 1.29 is 37.4 Å². The Morgan fingerprint density at radius 2 is 2.08 bits per heavy atom. The SMILES string of the molecule is C=C1N=C(N)c2ncn([C@@H]3O[C@H](COP(=O)(N[C@@H](C)C(=O)OC(C)C)Oc4ccccc4)C(C)(CO)[C@H]3F)c2N1. The van der Waals surface area contributed by atoms with Crippen LogP contribution in [0.15, 0.2) is 54.1 Å². The highest BCUT2D eigenvalue weighted by molar-refractivity contribution is 7.52. The molecule has 5 N–H and O–H groups in total. The number of rotatable bonds is 11. The van der Waals surface area contributed by atoms with Gasteiger partial charge in [-0.25, -0.2) is 18.9 Å². The zero-order valence-electron chi connectivity index (χ0n) is 22.6. The first-order chi connectivity index (χ1) is 18.9. The van der Waals surface area contributed by atoms with Gasteiger partial charge in [-0.05, 0) is 32.9 Å². The van der Waals surface area contributed by atoms with Crippen molar-refractivity contribution in [1.29, 1.82) is 0 Å². The number of benzene rings is 1. The maximum Gasteiger partial charge on any atom is 0.459 e. The molecule has 0 amide bonds. The molecule has 40 heavy (non-hydrogen) atoms. The van der Waals surface area contributed by atoms with Crippen LogP contribution in [-0.2, 0) is 23.4 Å². The lowest BCUT2D eigenvalue weighted by Gasteiger charge is -2.30. The first-order valence-corrected chi connectivity index (χ1v) is 14.2. The van der Waals surface area contributed by atoms with E-state index in [2.05, 4.69) is 27.0 Å². The van der Waals surface area contributed by atoms with E-state index in [1.165, 1.54) is 24.7 Å². The van der Waals surface area contributed by atoms with Crippen LogP contribution in [-0.4, -0.2) is 64.1 Å². The molecule has 0 saturated carbocycles. The van der Waals surface area contributed by atoms with Crippen molar-refractivity contribution in [2.75, 3.05) is 18.5 Å². The van der Waals surface area contributed by atoms with Gasteiger partial charge in [-0.2, -0.15) is 5.09 Å². The standard InChI is InChI=1S/C25H34FN6O7P/c1-14(2)37-24(34)15(3)31-40(35,39-17-9-7-6-8-10-17)36-11-18-25(5,12-33)20(26)23(38-18)32-13-28-19-21(27)29-16(4)30-22(19)32/h6-10,13-15,18,20,23,30,33H,4,11-12H2,1-3,5H3,(H2,27,29)(H,31,35)/t15-,18+,20-,23+,25?,40?/m0/s1. The molecular formula is C25H34FN6O7P. The fraction of sp³-hybridized carbons (Fsp3) is 0.480. The number of esters is 1. The Hall–Kier alpha value is -3.29. The molecule has 0 radical (unpaired) electrons. The second-order valence-corrected chi connectivity index (χ2v) is 11.7. The van der Waals surface area contributed by atoms with Crippen molar-refractivity contribution in [3.63, 3.8) is 0 Å². The van der Waals surface area contributed by atoms with Crippen molar-refractivity contribution in [1.82, 2.24) is 14.6 Å². The van der Waals surface area contributed by atoms with Crippen LogP contribution in [0.1, 0.15) is 39.6 Å². The number of aliphatic hydroxyl groups is 1. The highest BCUT2D eigenvalue weighted by atomic mass is 31.2. The predicted octanol–water partition coefficient (Wildman–Crippen LogP) is 2.85. The van der Waals surface area contributed by atoms with Gasteiger partial charge in [0, 0.05) is 0 Å². The van der Waals surface area contributed by atoms with Crippen molar-refractivity contribution in [3.8, 4) is 5.75 Å². The number of ether oxygens (including phenoxy) is 2. The van der Waals surface area contributed by atoms with E-state index in [0.29, 0.717) is 11.5 Å². The summed E-state index contributed by atoms with van der Waals surface area (Å²) in [7, 11) is -4.26. The smallest absolute Gasteiger partial charge is 0.459 e. The quantitative estimate of drug-likeness (QED) is 0.228. The maximum atomic E-state index is 15.9. The molecule has 3 heterocycles. The summed E-state index contributed by atoms with van der Waals surface area (Å²) in [6.45, 7) is 8.95. The Balaban J connectivity index is 1.56.